The number of H-pyrrole nitrogens is 2. The molecule has 5 nitrogen and oxygen atoms in total. The fourth-order valence-electron chi connectivity index (χ4n) is 1.52. The maximum atomic E-state index is 11.5. The van der Waals surface area contributed by atoms with Crippen molar-refractivity contribution in [3.8, 4) is 0 Å². The molecular weight excluding hydrogens is 216 g/mol. The van der Waals surface area contributed by atoms with Crippen LogP contribution in [0.2, 0.25) is 0 Å². The van der Waals surface area contributed by atoms with Crippen LogP contribution in [0.5, 0.6) is 0 Å². The summed E-state index contributed by atoms with van der Waals surface area (Å²) in [5.41, 5.74) is 0.884. The van der Waals surface area contributed by atoms with E-state index in [2.05, 4.69) is 28.8 Å². The Balaban J connectivity index is 2.77. The maximum Gasteiger partial charge on any atom is 0.277 e. The minimum absolute atomic E-state index is 0.215. The SMILES string of the molecule is CC(C)Cn1c2n[13cH][15nH]c2c(=O)[15nH][13c]1=S. The van der Waals surface area contributed by atoms with Crippen LogP contribution in [0.4, 0.5) is 0 Å². The van der Waals surface area contributed by atoms with Gasteiger partial charge in [0.15, 0.2) is 10.4 Å². The number of aromatic amines is 2. The van der Waals surface area contributed by atoms with Crippen LogP contribution < -0.4 is 5.56 Å². The Morgan fingerprint density at radius 2 is 2.33 bits per heavy atom. The highest BCUT2D eigenvalue weighted by molar-refractivity contribution is 7.71. The Morgan fingerprint density at radius 3 is 3.00 bits per heavy atom. The van der Waals surface area contributed by atoms with Crippen molar-refractivity contribution in [1.29, 1.82) is 0 Å². The van der Waals surface area contributed by atoms with Crippen molar-refractivity contribution in [2.45, 2.75) is 20.4 Å². The third-order valence-electron chi connectivity index (χ3n) is 2.12. The molecule has 0 amide bonds. The average Bonchev–Trinajstić information content (AvgIpc) is 2.60. The molecule has 0 saturated heterocycles. The van der Waals surface area contributed by atoms with E-state index >= 15 is 0 Å². The monoisotopic (exact) mass is 228 g/mol. The number of fused-ring (bicyclic) bond motifs is 1. The van der Waals surface area contributed by atoms with Crippen LogP contribution in [-0.4, -0.2) is 19.5 Å². The first-order chi connectivity index (χ1) is 7.09. The molecule has 0 atom stereocenters. The van der Waals surface area contributed by atoms with Gasteiger partial charge in [-0.25, -0.2) is 4.98 Å². The van der Waals surface area contributed by atoms with E-state index in [0.717, 1.165) is 6.54 Å². The summed E-state index contributed by atoms with van der Waals surface area (Å²) < 4.78 is 2.26. The Bertz CT molecular complexity index is 592. The molecule has 0 aliphatic carbocycles. The van der Waals surface area contributed by atoms with Crippen LogP contribution >= 0.6 is 12.2 Å². The summed E-state index contributed by atoms with van der Waals surface area (Å²) in [4.78, 5) is 21.0. The zero-order valence-corrected chi connectivity index (χ0v) is 9.39. The van der Waals surface area contributed by atoms with Gasteiger partial charge in [-0.05, 0) is 18.1 Å². The van der Waals surface area contributed by atoms with Gasteiger partial charge >= 0.3 is 0 Å². The van der Waals surface area contributed by atoms with E-state index in [1.165, 1.54) is 6.33 Å². The smallest absolute Gasteiger partial charge is 0.277 e. The standard InChI is InChI=1S/C9H12N4OS/c1-5(2)3-13-7-6(10-4-11-7)8(14)12-9(13)15/h4-5H,3H2,1-2H3,(H,10,11)(H,12,14,15)/i4+1,9+1,10+1,12+1. The molecule has 0 saturated carbocycles. The maximum absolute atomic E-state index is 11.5. The van der Waals surface area contributed by atoms with Crippen LogP contribution in [0.25, 0.3) is 11.2 Å². The van der Waals surface area contributed by atoms with Gasteiger partial charge in [0.05, 0.1) is 6.33 Å². The second-order valence-corrected chi connectivity index (χ2v) is 4.25. The molecule has 6 heteroatoms. The zero-order valence-electron chi connectivity index (χ0n) is 8.57. The fourth-order valence-corrected chi connectivity index (χ4v) is 1.77. The highest BCUT2D eigenvalue weighted by Crippen LogP contribution is 2.07. The van der Waals surface area contributed by atoms with Crippen molar-refractivity contribution in [1.82, 2.24) is 19.5 Å². The highest BCUT2D eigenvalue weighted by Gasteiger charge is 2.08. The number of imidazole rings is 1. The van der Waals surface area contributed by atoms with Gasteiger partial charge in [-0.1, -0.05) is 13.8 Å². The summed E-state index contributed by atoms with van der Waals surface area (Å²) >= 11 is 5.10. The third kappa shape index (κ3) is 1.72. The minimum atomic E-state index is -0.215. The Hall–Kier alpha value is -1.43. The largest absolute Gasteiger partial charge is 0.339 e. The fraction of sp³-hybridized carbons (Fsp3) is 0.444. The molecule has 2 rings (SSSR count). The van der Waals surface area contributed by atoms with Crippen molar-refractivity contribution < 1.29 is 0 Å². The minimum Gasteiger partial charge on any atom is -0.339 e. The molecule has 0 spiro atoms. The molecule has 0 unspecified atom stereocenters. The number of nitrogens with one attached hydrogen (secondary N) is 2. The number of nitrogens with zero attached hydrogens (tertiary/aromatic N) is 2. The predicted octanol–water partition coefficient (Wildman–Crippen LogP) is 1.44. The van der Waals surface area contributed by atoms with Gasteiger partial charge in [-0.3, -0.25) is 9.78 Å². The molecule has 2 N–H and O–H groups in total. The van der Waals surface area contributed by atoms with Crippen LogP contribution in [0.1, 0.15) is 13.8 Å². The van der Waals surface area contributed by atoms with Gasteiger partial charge in [0, 0.05) is 6.54 Å². The Labute approximate surface area is 91.2 Å². The van der Waals surface area contributed by atoms with Crippen LogP contribution in [0.15, 0.2) is 11.1 Å². The van der Waals surface area contributed by atoms with Crippen molar-refractivity contribution in [2.24, 2.45) is 5.92 Å². The molecule has 2 heterocycles. The number of aromatic nitrogens is 4. The van der Waals surface area contributed by atoms with Crippen LogP contribution in [-0.2, 0) is 6.54 Å². The quantitative estimate of drug-likeness (QED) is 0.764. The van der Waals surface area contributed by atoms with E-state index in [0.29, 0.717) is 21.9 Å². The molecule has 2 aromatic rings. The summed E-state index contributed by atoms with van der Waals surface area (Å²) in [6.07, 6.45) is 1.51. The van der Waals surface area contributed by atoms with Gasteiger partial charge < -0.3 is 9.55 Å². The summed E-state index contributed by atoms with van der Waals surface area (Å²) in [7, 11) is 0. The van der Waals surface area contributed by atoms with E-state index in [1.807, 2.05) is 4.57 Å². The normalized spacial score (nSPS) is 11.4. The lowest BCUT2D eigenvalue weighted by Crippen LogP contribution is -2.16. The topological polar surface area (TPSA) is 66.5 Å². The predicted molar refractivity (Wildman–Crippen MR) is 60.4 cm³/mol. The number of hydrogen-bond donors (Lipinski definition) is 2. The lowest BCUT2D eigenvalue weighted by Gasteiger charge is -2.09. The van der Waals surface area contributed by atoms with Crippen molar-refractivity contribution in [3.63, 3.8) is 0 Å². The molecule has 0 aliphatic rings. The van der Waals surface area contributed by atoms with Crippen molar-refractivity contribution >= 4 is 23.4 Å². The molecular formula is C9H12N4OS. The van der Waals surface area contributed by atoms with Crippen molar-refractivity contribution in [3.05, 3.63) is 21.5 Å². The lowest BCUT2D eigenvalue weighted by molar-refractivity contribution is 0.521. The molecule has 0 radical (unpaired) electrons. The second-order valence-electron chi connectivity index (χ2n) is 3.86. The zero-order chi connectivity index (χ0) is 11.0. The number of rotatable bonds is 2. The van der Waals surface area contributed by atoms with Gasteiger partial charge in [0.2, 0.25) is 0 Å². The van der Waals surface area contributed by atoms with Crippen LogP contribution in [0.3, 0.4) is 0 Å². The third-order valence-corrected chi connectivity index (χ3v) is 2.44. The first-order valence-corrected chi connectivity index (χ1v) is 5.16. The Morgan fingerprint density at radius 1 is 1.60 bits per heavy atom. The van der Waals surface area contributed by atoms with Gasteiger partial charge in [-0.2, -0.15) is 0 Å². The van der Waals surface area contributed by atoms with Crippen LogP contribution in [0, 0.1) is 10.7 Å². The lowest BCUT2D eigenvalue weighted by atomic mass is 10.2. The average molecular weight is 228 g/mol. The molecule has 0 aliphatic heterocycles. The van der Waals surface area contributed by atoms with Gasteiger partial charge in [-0.15, -0.1) is 0 Å². The molecule has 2 aromatic heterocycles. The summed E-state index contributed by atoms with van der Waals surface area (Å²) in [5.74, 6) is 0.447. The van der Waals surface area contributed by atoms with E-state index < -0.39 is 0 Å². The summed E-state index contributed by atoms with van der Waals surface area (Å²) in [5, 5.41) is 0. The molecule has 80 valence electrons. The summed E-state index contributed by atoms with van der Waals surface area (Å²) in [6.45, 7) is 4.92. The highest BCUT2D eigenvalue weighted by atomic mass is 32.1. The van der Waals surface area contributed by atoms with Gasteiger partial charge in [0.25, 0.3) is 5.56 Å². The first kappa shape index (κ1) is 10.1. The van der Waals surface area contributed by atoms with Crippen molar-refractivity contribution in [2.75, 3.05) is 0 Å². The molecule has 15 heavy (non-hydrogen) atoms. The Kier molecular flexibility index (Phi) is 2.44. The van der Waals surface area contributed by atoms with E-state index in [4.69, 9.17) is 12.2 Å². The first-order valence-electron chi connectivity index (χ1n) is 4.76. The van der Waals surface area contributed by atoms with E-state index in [9.17, 15) is 4.79 Å². The second kappa shape index (κ2) is 3.62. The molecule has 0 fully saturated rings. The molecule has 0 bridgehead atoms. The number of hydrogen-bond acceptors (Lipinski definition) is 3. The van der Waals surface area contributed by atoms with E-state index in [-0.39, 0.29) is 5.56 Å². The van der Waals surface area contributed by atoms with Gasteiger partial charge in [0.1, 0.15) is 5.52 Å². The van der Waals surface area contributed by atoms with E-state index in [1.54, 1.807) is 0 Å². The summed E-state index contributed by atoms with van der Waals surface area (Å²) in [6, 6.07) is 0. The molecule has 0 aromatic carbocycles.